The number of hydrogen-bond donors (Lipinski definition) is 1. The van der Waals surface area contributed by atoms with Crippen molar-refractivity contribution in [2.24, 2.45) is 0 Å². The van der Waals surface area contributed by atoms with Gasteiger partial charge in [-0.1, -0.05) is 11.6 Å². The summed E-state index contributed by atoms with van der Waals surface area (Å²) in [5.74, 6) is 0.985. The van der Waals surface area contributed by atoms with E-state index in [-0.39, 0.29) is 30.4 Å². The molecule has 2 aromatic carbocycles. The molecular weight excluding hydrogens is 402 g/mol. The van der Waals surface area contributed by atoms with Gasteiger partial charge in [0.2, 0.25) is 0 Å². The van der Waals surface area contributed by atoms with Gasteiger partial charge in [0.25, 0.3) is 0 Å². The second kappa shape index (κ2) is 8.46. The molecule has 0 aliphatic carbocycles. The molecule has 0 amide bonds. The van der Waals surface area contributed by atoms with Crippen LogP contribution in [0, 0.1) is 11.6 Å². The lowest BCUT2D eigenvalue weighted by Crippen LogP contribution is -2.34. The molecule has 3 atom stereocenters. The number of rotatable bonds is 3. The second-order valence-electron chi connectivity index (χ2n) is 7.53. The molecule has 0 radical (unpaired) electrons. The van der Waals surface area contributed by atoms with Crippen LogP contribution in [0.4, 0.5) is 8.78 Å². The van der Waals surface area contributed by atoms with Crippen molar-refractivity contribution in [3.8, 4) is 11.5 Å². The van der Waals surface area contributed by atoms with Gasteiger partial charge in [-0.3, -0.25) is 0 Å². The van der Waals surface area contributed by atoms with Crippen molar-refractivity contribution in [1.82, 2.24) is 0 Å². The summed E-state index contributed by atoms with van der Waals surface area (Å²) in [5.41, 5.74) is 1.81. The Hall–Kier alpha value is -1.89. The number of ether oxygens (including phenoxy) is 3. The Labute approximate surface area is 173 Å². The van der Waals surface area contributed by atoms with Gasteiger partial charge in [0.15, 0.2) is 5.06 Å². The first-order valence-electron chi connectivity index (χ1n) is 9.80. The van der Waals surface area contributed by atoms with Crippen molar-refractivity contribution < 1.29 is 28.1 Å². The maximum absolute atomic E-state index is 12.9. The fourth-order valence-electron chi connectivity index (χ4n) is 3.67. The molecular formula is C22H23ClF2O4. The summed E-state index contributed by atoms with van der Waals surface area (Å²) in [6.45, 7) is 0.793. The lowest BCUT2D eigenvalue weighted by molar-refractivity contribution is 0.0963. The molecule has 3 aliphatic rings. The van der Waals surface area contributed by atoms with E-state index >= 15 is 0 Å². The largest absolute Gasteiger partial charge is 0.487 e. The second-order valence-corrected chi connectivity index (χ2v) is 8.22. The number of benzene rings is 2. The van der Waals surface area contributed by atoms with Crippen LogP contribution >= 0.6 is 11.6 Å². The van der Waals surface area contributed by atoms with Crippen LogP contribution in [0.2, 0.25) is 0 Å². The molecule has 1 fully saturated rings. The summed E-state index contributed by atoms with van der Waals surface area (Å²) in [6, 6.07) is 9.09. The molecule has 0 bridgehead atoms. The standard InChI is InChI=1S/C11H12ClFO2.C11H11FO2/c12-11(5-6-14)4-3-8-7-9(13)1-2-10(8)15-11;12-8-2-4-9-7(5-8)1-3-10(14-9)11-6-13-11/h1-2,7,14H,3-6H2;2,4-5,10-11H,1,3,6H2. The van der Waals surface area contributed by atoms with Gasteiger partial charge >= 0.3 is 0 Å². The van der Waals surface area contributed by atoms with E-state index in [9.17, 15) is 8.78 Å². The fraction of sp³-hybridized carbons (Fsp3) is 0.455. The topological polar surface area (TPSA) is 51.2 Å². The van der Waals surface area contributed by atoms with Crippen LogP contribution in [0.25, 0.3) is 0 Å². The van der Waals surface area contributed by atoms with Gasteiger partial charge in [-0.05, 0) is 66.8 Å². The normalized spacial score (nSPS) is 26.8. The van der Waals surface area contributed by atoms with E-state index in [1.807, 2.05) is 0 Å². The highest BCUT2D eigenvalue weighted by molar-refractivity contribution is 6.23. The minimum Gasteiger partial charge on any atom is -0.487 e. The zero-order chi connectivity index (χ0) is 20.4. The maximum atomic E-state index is 12.9. The first-order valence-corrected chi connectivity index (χ1v) is 10.2. The van der Waals surface area contributed by atoms with Crippen LogP contribution in [0.3, 0.4) is 0 Å². The fourth-order valence-corrected chi connectivity index (χ4v) is 3.93. The van der Waals surface area contributed by atoms with Crippen LogP contribution in [-0.4, -0.2) is 35.6 Å². The molecule has 7 heteroatoms. The molecule has 29 heavy (non-hydrogen) atoms. The summed E-state index contributed by atoms with van der Waals surface area (Å²) in [5, 5.41) is 8.02. The van der Waals surface area contributed by atoms with Gasteiger partial charge in [-0.25, -0.2) is 8.78 Å². The van der Waals surface area contributed by atoms with E-state index in [2.05, 4.69) is 0 Å². The lowest BCUT2D eigenvalue weighted by atomic mass is 10.00. The quantitative estimate of drug-likeness (QED) is 0.586. The molecule has 156 valence electrons. The van der Waals surface area contributed by atoms with Crippen LogP contribution in [0.1, 0.15) is 30.4 Å². The van der Waals surface area contributed by atoms with E-state index in [1.54, 1.807) is 18.2 Å². The van der Waals surface area contributed by atoms with Gasteiger partial charge in [0.05, 0.1) is 6.61 Å². The number of hydrogen-bond acceptors (Lipinski definition) is 4. The molecule has 1 N–H and O–H groups in total. The van der Waals surface area contributed by atoms with E-state index < -0.39 is 5.06 Å². The average molecular weight is 425 g/mol. The number of alkyl halides is 1. The van der Waals surface area contributed by atoms with E-state index in [4.69, 9.17) is 30.9 Å². The molecule has 2 aromatic rings. The molecule has 0 spiro atoms. The zero-order valence-electron chi connectivity index (χ0n) is 15.9. The summed E-state index contributed by atoms with van der Waals surface area (Å²) in [7, 11) is 0. The highest BCUT2D eigenvalue weighted by Gasteiger charge is 2.36. The van der Waals surface area contributed by atoms with Gasteiger partial charge in [-0.15, -0.1) is 0 Å². The van der Waals surface area contributed by atoms with Crippen LogP contribution in [0.5, 0.6) is 11.5 Å². The number of aliphatic hydroxyl groups is 1. The molecule has 5 rings (SSSR count). The summed E-state index contributed by atoms with van der Waals surface area (Å²) in [6.07, 6.45) is 3.91. The predicted molar refractivity (Wildman–Crippen MR) is 105 cm³/mol. The van der Waals surface area contributed by atoms with E-state index in [0.29, 0.717) is 25.0 Å². The number of aliphatic hydroxyl groups excluding tert-OH is 1. The zero-order valence-corrected chi connectivity index (χ0v) is 16.6. The smallest absolute Gasteiger partial charge is 0.185 e. The Morgan fingerprint density at radius 2 is 1.66 bits per heavy atom. The first kappa shape index (κ1) is 20.4. The minimum atomic E-state index is -0.834. The van der Waals surface area contributed by atoms with E-state index in [1.165, 1.54) is 18.2 Å². The lowest BCUT2D eigenvalue weighted by Gasteiger charge is -2.33. The molecule has 0 aromatic heterocycles. The molecule has 3 aliphatic heterocycles. The summed E-state index contributed by atoms with van der Waals surface area (Å²) >= 11 is 6.17. The SMILES string of the molecule is Fc1ccc2c(c1)CCC(C1CO1)O2.OCCC1(Cl)CCc2cc(F)ccc2O1. The number of halogens is 3. The minimum absolute atomic E-state index is 0.0139. The Morgan fingerprint density at radius 3 is 2.31 bits per heavy atom. The molecule has 4 nitrogen and oxygen atoms in total. The Balaban J connectivity index is 0.000000141. The van der Waals surface area contributed by atoms with Gasteiger partial charge in [0.1, 0.15) is 35.3 Å². The number of epoxide rings is 1. The van der Waals surface area contributed by atoms with Crippen molar-refractivity contribution in [2.75, 3.05) is 13.2 Å². The first-order chi connectivity index (χ1) is 14.0. The van der Waals surface area contributed by atoms with Gasteiger partial charge < -0.3 is 19.3 Å². The Bertz CT molecular complexity index is 874. The third-order valence-corrected chi connectivity index (χ3v) is 5.80. The van der Waals surface area contributed by atoms with Crippen LogP contribution < -0.4 is 9.47 Å². The van der Waals surface area contributed by atoms with Crippen LogP contribution in [-0.2, 0) is 17.6 Å². The Morgan fingerprint density at radius 1 is 1.00 bits per heavy atom. The number of fused-ring (bicyclic) bond motifs is 2. The van der Waals surface area contributed by atoms with Crippen molar-refractivity contribution in [2.45, 2.75) is 49.4 Å². The predicted octanol–water partition coefficient (Wildman–Crippen LogP) is 4.39. The van der Waals surface area contributed by atoms with Crippen molar-refractivity contribution in [3.05, 3.63) is 59.2 Å². The van der Waals surface area contributed by atoms with Gasteiger partial charge in [-0.2, -0.15) is 0 Å². The van der Waals surface area contributed by atoms with E-state index in [0.717, 1.165) is 36.3 Å². The molecule has 0 saturated carbocycles. The monoisotopic (exact) mass is 424 g/mol. The third kappa shape index (κ3) is 5.00. The highest BCUT2D eigenvalue weighted by Crippen LogP contribution is 2.38. The summed E-state index contributed by atoms with van der Waals surface area (Å²) < 4.78 is 42.2. The molecule has 3 heterocycles. The Kier molecular flexibility index (Phi) is 5.95. The maximum Gasteiger partial charge on any atom is 0.185 e. The highest BCUT2D eigenvalue weighted by atomic mass is 35.5. The third-order valence-electron chi connectivity index (χ3n) is 5.34. The summed E-state index contributed by atoms with van der Waals surface area (Å²) in [4.78, 5) is 0. The average Bonchev–Trinajstić information content (AvgIpc) is 3.54. The van der Waals surface area contributed by atoms with Crippen molar-refractivity contribution in [3.63, 3.8) is 0 Å². The van der Waals surface area contributed by atoms with Crippen molar-refractivity contribution in [1.29, 1.82) is 0 Å². The van der Waals surface area contributed by atoms with Crippen LogP contribution in [0.15, 0.2) is 36.4 Å². The molecule has 1 saturated heterocycles. The van der Waals surface area contributed by atoms with Crippen molar-refractivity contribution >= 4 is 11.6 Å². The number of aryl methyl sites for hydroxylation is 2. The van der Waals surface area contributed by atoms with Gasteiger partial charge in [0, 0.05) is 19.4 Å². The molecule has 3 unspecified atom stereocenters.